The van der Waals surface area contributed by atoms with Crippen LogP contribution in [-0.2, 0) is 52.4 Å². The Morgan fingerprint density at radius 1 is 0.853 bits per heavy atom. The highest BCUT2D eigenvalue weighted by molar-refractivity contribution is 6.39. The van der Waals surface area contributed by atoms with E-state index in [-0.39, 0.29) is 74.1 Å². The highest BCUT2D eigenvalue weighted by atomic mass is 16.6. The van der Waals surface area contributed by atoms with Crippen molar-refractivity contribution in [3.05, 3.63) is 47.6 Å². The molecule has 0 radical (unpaired) electrons. The number of hydrogen-bond donors (Lipinski definition) is 3. The van der Waals surface area contributed by atoms with Crippen molar-refractivity contribution in [2.24, 2.45) is 35.5 Å². The van der Waals surface area contributed by atoms with Crippen molar-refractivity contribution < 1.29 is 67.7 Å². The van der Waals surface area contributed by atoms with Crippen LogP contribution < -0.4 is 0 Å². The second-order valence-corrected chi connectivity index (χ2v) is 20.2. The Hall–Kier alpha value is -3.41. The number of esters is 1. The molecule has 15 atom stereocenters. The summed E-state index contributed by atoms with van der Waals surface area (Å²) in [7, 11) is 4.58. The van der Waals surface area contributed by atoms with Gasteiger partial charge >= 0.3 is 5.97 Å². The SMILES string of the molecule is CO[C@H]1C[C@@H]2CC[C@@H](C)[C@@](O)(O2)C(=O)C(=O)N2CCCC[C@H]2C(=O)O[C@H]([C@H](C)C[C@@H]2CC[C@@H](OCCO)[C@H](OC)C2)CC(=O)[C@H](C)/C=C(/C)[C@@H](O)[C@@H](OC)C(=O)[C@H](C)C[C@H](C)/C=C/C=CC=C1C. The average molecular weight is 958 g/mol. The molecule has 0 aromatic heterocycles. The molecule has 0 unspecified atom stereocenters. The monoisotopic (exact) mass is 958 g/mol. The van der Waals surface area contributed by atoms with E-state index in [9.17, 15) is 39.3 Å². The van der Waals surface area contributed by atoms with Crippen LogP contribution in [0.15, 0.2) is 47.6 Å². The van der Waals surface area contributed by atoms with E-state index in [0.29, 0.717) is 63.4 Å². The summed E-state index contributed by atoms with van der Waals surface area (Å²) in [5.74, 6) is -7.96. The van der Waals surface area contributed by atoms with E-state index >= 15 is 0 Å². The van der Waals surface area contributed by atoms with Gasteiger partial charge in [0.1, 0.15) is 30.1 Å². The van der Waals surface area contributed by atoms with Crippen LogP contribution in [0.25, 0.3) is 0 Å². The van der Waals surface area contributed by atoms with E-state index in [1.54, 1.807) is 41.1 Å². The normalized spacial score (nSPS) is 37.9. The topological polar surface area (TPSA) is 205 Å². The smallest absolute Gasteiger partial charge is 0.329 e. The van der Waals surface area contributed by atoms with Crippen molar-refractivity contribution >= 4 is 29.2 Å². The molecule has 0 spiro atoms. The number of cyclic esters (lactones) is 1. The van der Waals surface area contributed by atoms with Crippen LogP contribution in [-0.4, -0.2) is 145 Å². The van der Waals surface area contributed by atoms with Crippen molar-refractivity contribution in [1.82, 2.24) is 4.90 Å². The number of aliphatic hydroxyl groups excluding tert-OH is 2. The molecule has 3 heterocycles. The molecular weight excluding hydrogens is 875 g/mol. The minimum atomic E-state index is -2.43. The zero-order valence-electron chi connectivity index (χ0n) is 42.4. The first-order chi connectivity index (χ1) is 32.3. The maximum Gasteiger partial charge on any atom is 0.329 e. The first-order valence-corrected chi connectivity index (χ1v) is 25.0. The molecule has 4 aliphatic rings. The van der Waals surface area contributed by atoms with Crippen LogP contribution in [0.3, 0.4) is 0 Å². The number of amides is 1. The number of hydrogen-bond acceptors (Lipinski definition) is 14. The van der Waals surface area contributed by atoms with Crippen molar-refractivity contribution in [3.63, 3.8) is 0 Å². The van der Waals surface area contributed by atoms with Gasteiger partial charge in [-0.1, -0.05) is 71.1 Å². The Bertz CT molecular complexity index is 1810. The zero-order valence-corrected chi connectivity index (χ0v) is 42.4. The Labute approximate surface area is 405 Å². The molecule has 4 rings (SSSR count). The van der Waals surface area contributed by atoms with Gasteiger partial charge in [-0.2, -0.15) is 0 Å². The van der Waals surface area contributed by atoms with Gasteiger partial charge in [0.15, 0.2) is 5.78 Å². The van der Waals surface area contributed by atoms with Crippen LogP contribution in [0.5, 0.6) is 0 Å². The van der Waals surface area contributed by atoms with Crippen LogP contribution >= 0.6 is 0 Å². The van der Waals surface area contributed by atoms with Gasteiger partial charge < -0.3 is 48.6 Å². The number of nitrogens with zero attached hydrogens (tertiary/aromatic N) is 1. The molecule has 68 heavy (non-hydrogen) atoms. The molecule has 15 heteroatoms. The summed E-state index contributed by atoms with van der Waals surface area (Å²) in [6.45, 7) is 12.9. The van der Waals surface area contributed by atoms with Crippen molar-refractivity contribution in [1.29, 1.82) is 0 Å². The summed E-state index contributed by atoms with van der Waals surface area (Å²) in [6, 6.07) is -1.14. The third-order valence-electron chi connectivity index (χ3n) is 14.9. The lowest BCUT2D eigenvalue weighted by Crippen LogP contribution is -2.61. The molecule has 1 amide bonds. The molecule has 1 saturated carbocycles. The molecule has 3 N–H and O–H groups in total. The molecule has 2 saturated heterocycles. The molecule has 0 aromatic rings. The number of ketones is 3. The summed E-state index contributed by atoms with van der Waals surface area (Å²) in [5, 5.41) is 32.8. The van der Waals surface area contributed by atoms with Gasteiger partial charge in [0.25, 0.3) is 11.7 Å². The number of fused-ring (bicyclic) bond motifs is 3. The van der Waals surface area contributed by atoms with E-state index < -0.39 is 77.8 Å². The number of piperidine rings is 1. The minimum Gasteiger partial charge on any atom is -0.460 e. The predicted molar refractivity (Wildman–Crippen MR) is 256 cm³/mol. The second kappa shape index (κ2) is 27.3. The van der Waals surface area contributed by atoms with Gasteiger partial charge in [0.05, 0.1) is 37.6 Å². The first-order valence-electron chi connectivity index (χ1n) is 25.0. The Kier molecular flexibility index (Phi) is 22.9. The molecule has 3 aliphatic heterocycles. The number of ether oxygens (including phenoxy) is 6. The van der Waals surface area contributed by atoms with Crippen molar-refractivity contribution in [3.8, 4) is 0 Å². The molecule has 0 aromatic carbocycles. The van der Waals surface area contributed by atoms with Gasteiger partial charge in [0.2, 0.25) is 5.79 Å². The number of Topliss-reactive ketones (excluding diaryl/α,β-unsaturated/α-hetero) is 3. The summed E-state index contributed by atoms with van der Waals surface area (Å²) < 4.78 is 35.6. The summed E-state index contributed by atoms with van der Waals surface area (Å²) in [5.41, 5.74) is 1.26. The number of allylic oxidation sites excluding steroid dienone is 6. The zero-order chi connectivity index (χ0) is 50.3. The fourth-order valence-corrected chi connectivity index (χ4v) is 10.5. The highest BCUT2D eigenvalue weighted by Gasteiger charge is 2.53. The van der Waals surface area contributed by atoms with Gasteiger partial charge in [0, 0.05) is 58.5 Å². The van der Waals surface area contributed by atoms with E-state index in [0.717, 1.165) is 12.0 Å². The fraction of sp³-hybridized carbons (Fsp3) is 0.755. The molecular formula is C53H83NO14. The second-order valence-electron chi connectivity index (χ2n) is 20.2. The third-order valence-corrected chi connectivity index (χ3v) is 14.9. The number of carbonyl (C=O) groups excluding carboxylic acids is 5. The first kappa shape index (κ1) is 57.2. The number of methoxy groups -OCH3 is 3. The fourth-order valence-electron chi connectivity index (χ4n) is 10.5. The quantitative estimate of drug-likeness (QED) is 0.134. The summed E-state index contributed by atoms with van der Waals surface area (Å²) in [6.07, 6.45) is 12.0. The highest BCUT2D eigenvalue weighted by Crippen LogP contribution is 2.38. The van der Waals surface area contributed by atoms with Gasteiger partial charge in [-0.3, -0.25) is 19.2 Å². The van der Waals surface area contributed by atoms with Crippen LogP contribution in [0.1, 0.15) is 126 Å². The molecule has 3 fully saturated rings. The minimum absolute atomic E-state index is 0.0158. The maximum absolute atomic E-state index is 14.5. The molecule has 384 valence electrons. The van der Waals surface area contributed by atoms with Crippen LogP contribution in [0.4, 0.5) is 0 Å². The van der Waals surface area contributed by atoms with E-state index in [1.165, 1.54) is 12.0 Å². The Balaban J connectivity index is 1.70. The number of carbonyl (C=O) groups is 5. The van der Waals surface area contributed by atoms with Crippen molar-refractivity contribution in [2.45, 2.75) is 180 Å². The lowest BCUT2D eigenvalue weighted by atomic mass is 9.78. The maximum atomic E-state index is 14.5. The van der Waals surface area contributed by atoms with Crippen LogP contribution in [0, 0.1) is 35.5 Å². The third kappa shape index (κ3) is 15.3. The predicted octanol–water partition coefficient (Wildman–Crippen LogP) is 6.20. The van der Waals surface area contributed by atoms with Gasteiger partial charge in [-0.05, 0) is 107 Å². The average Bonchev–Trinajstić information content (AvgIpc) is 3.32. The molecule has 15 nitrogen and oxygen atoms in total. The molecule has 1 aliphatic carbocycles. The number of rotatable bonds is 9. The van der Waals surface area contributed by atoms with Crippen LogP contribution in [0.2, 0.25) is 0 Å². The summed E-state index contributed by atoms with van der Waals surface area (Å²) in [4.78, 5) is 72.1. The van der Waals surface area contributed by atoms with Gasteiger partial charge in [-0.25, -0.2) is 4.79 Å². The Morgan fingerprint density at radius 3 is 2.26 bits per heavy atom. The van der Waals surface area contributed by atoms with Crippen molar-refractivity contribution in [2.75, 3.05) is 41.1 Å². The molecule has 2 bridgehead atoms. The van der Waals surface area contributed by atoms with Gasteiger partial charge in [-0.15, -0.1) is 0 Å². The lowest BCUT2D eigenvalue weighted by Gasteiger charge is -2.42. The van der Waals surface area contributed by atoms with E-state index in [4.69, 9.17) is 28.4 Å². The lowest BCUT2D eigenvalue weighted by molar-refractivity contribution is -0.265. The van der Waals surface area contributed by atoms with E-state index in [1.807, 2.05) is 58.1 Å². The van der Waals surface area contributed by atoms with E-state index in [2.05, 4.69) is 0 Å². The standard InChI is InChI=1S/C53H83NO14/c1-32-16-12-11-13-17-33(2)44(63-8)30-40-21-19-38(7)53(62,68-40)50(59)51(60)54-23-15-14-18-41(54)52(61)67-45(35(4)28-39-20-22-43(66-25-24-55)46(29-39)64-9)31-42(56)34(3)27-37(6)48(58)49(65-10)47(57)36(5)26-32/h11-13,16-17,27,32,34-36,38-41,43-46,48-49,55,58,62H,14-15,18-26,28-31H2,1-10H3/b13-11?,16-12+,33-17?,37-27-/t32-,34-,35-,36-,38-,39+,40+,41+,43-,44+,45+,46-,48-,49+,53-/m1/s1. The number of aliphatic hydroxyl groups is 3. The largest absolute Gasteiger partial charge is 0.460 e. The summed E-state index contributed by atoms with van der Waals surface area (Å²) >= 11 is 0. The Morgan fingerprint density at radius 2 is 1.59 bits per heavy atom.